The molecular weight excluding hydrogens is 378 g/mol. The van der Waals surface area contributed by atoms with Gasteiger partial charge in [0.25, 0.3) is 0 Å². The zero-order chi connectivity index (χ0) is 20.5. The summed E-state index contributed by atoms with van der Waals surface area (Å²) < 4.78 is 29.6. The highest BCUT2D eigenvalue weighted by Crippen LogP contribution is 2.37. The molecule has 8 heteroatoms. The first-order valence-electron chi connectivity index (χ1n) is 9.47. The zero-order valence-corrected chi connectivity index (χ0v) is 15.8. The van der Waals surface area contributed by atoms with Crippen molar-refractivity contribution in [1.29, 1.82) is 0 Å². The second-order valence-electron chi connectivity index (χ2n) is 7.00. The van der Waals surface area contributed by atoms with E-state index in [1.54, 1.807) is 36.0 Å². The number of halogens is 2. The van der Waals surface area contributed by atoms with Crippen molar-refractivity contribution >= 4 is 23.5 Å². The van der Waals surface area contributed by atoms with Gasteiger partial charge in [0, 0.05) is 29.4 Å². The number of rotatable bonds is 5. The van der Waals surface area contributed by atoms with Crippen LogP contribution in [0.3, 0.4) is 0 Å². The molecule has 1 atom stereocenters. The second kappa shape index (κ2) is 7.62. The van der Waals surface area contributed by atoms with Gasteiger partial charge >= 0.3 is 5.97 Å². The third-order valence-electron chi connectivity index (χ3n) is 5.23. The molecule has 1 saturated heterocycles. The van der Waals surface area contributed by atoms with Crippen LogP contribution in [0.5, 0.6) is 0 Å². The van der Waals surface area contributed by atoms with E-state index in [2.05, 4.69) is 10.1 Å². The maximum Gasteiger partial charge on any atom is 0.331 e. The molecule has 3 heterocycles. The van der Waals surface area contributed by atoms with Crippen LogP contribution in [0.1, 0.15) is 43.4 Å². The lowest BCUT2D eigenvalue weighted by molar-refractivity contribution is -0.132. The predicted octanol–water partition coefficient (Wildman–Crippen LogP) is 4.23. The number of aromatic nitrogens is 3. The molecule has 0 amide bonds. The van der Waals surface area contributed by atoms with Crippen molar-refractivity contribution in [3.63, 3.8) is 0 Å². The molecule has 4 rings (SSSR count). The van der Waals surface area contributed by atoms with E-state index < -0.39 is 17.6 Å². The molecule has 3 aromatic rings. The first-order valence-corrected chi connectivity index (χ1v) is 9.47. The number of nitrogens with zero attached hydrogens (tertiary/aromatic N) is 4. The van der Waals surface area contributed by atoms with Crippen LogP contribution in [0.4, 0.5) is 14.6 Å². The smallest absolute Gasteiger partial charge is 0.331 e. The molecule has 0 saturated carbocycles. The number of hydrogen-bond acceptors (Lipinski definition) is 4. The van der Waals surface area contributed by atoms with Crippen molar-refractivity contribution in [2.24, 2.45) is 0 Å². The van der Waals surface area contributed by atoms with E-state index in [-0.39, 0.29) is 11.6 Å². The van der Waals surface area contributed by atoms with Gasteiger partial charge < -0.3 is 10.0 Å². The molecule has 1 fully saturated rings. The molecule has 0 unspecified atom stereocenters. The van der Waals surface area contributed by atoms with Crippen molar-refractivity contribution in [3.8, 4) is 0 Å². The van der Waals surface area contributed by atoms with Crippen LogP contribution >= 0.6 is 0 Å². The van der Waals surface area contributed by atoms with E-state index in [1.165, 1.54) is 6.07 Å². The summed E-state index contributed by atoms with van der Waals surface area (Å²) in [6, 6.07) is 4.97. The lowest BCUT2D eigenvalue weighted by Gasteiger charge is -2.26. The number of carboxylic acids is 1. The summed E-state index contributed by atoms with van der Waals surface area (Å²) in [5, 5.41) is 13.5. The van der Waals surface area contributed by atoms with Crippen LogP contribution < -0.4 is 4.90 Å². The molecule has 1 aliphatic heterocycles. The molecule has 0 spiro atoms. The Morgan fingerprint density at radius 3 is 2.93 bits per heavy atom. The number of carbonyl (C=O) groups is 1. The van der Waals surface area contributed by atoms with Crippen LogP contribution in [0.2, 0.25) is 0 Å². The standard InChI is InChI=1S/C21H20F2N4O2/c1-2-13(21(28)29)10-14-12-24-27-9-7-19(25-20(14)27)26-8-3-4-18(26)16-11-15(22)5-6-17(16)23/h5-7,9-12,18H,2-4,8H2,1H3,(H,28,29)/b13-10+/t18-/m1/s1. The quantitative estimate of drug-likeness (QED) is 0.652. The maximum atomic E-state index is 14.3. The first-order chi connectivity index (χ1) is 14.0. The Labute approximate surface area is 166 Å². The molecule has 2 aromatic heterocycles. The molecule has 1 aromatic carbocycles. The summed E-state index contributed by atoms with van der Waals surface area (Å²) in [4.78, 5) is 18.0. The van der Waals surface area contributed by atoms with Crippen molar-refractivity contribution in [3.05, 3.63) is 65.0 Å². The van der Waals surface area contributed by atoms with Crippen LogP contribution in [0.15, 0.2) is 42.2 Å². The van der Waals surface area contributed by atoms with E-state index >= 15 is 0 Å². The van der Waals surface area contributed by atoms with Gasteiger partial charge in [-0.1, -0.05) is 6.92 Å². The van der Waals surface area contributed by atoms with E-state index in [0.717, 1.165) is 18.6 Å². The van der Waals surface area contributed by atoms with Gasteiger partial charge in [-0.3, -0.25) is 0 Å². The Balaban J connectivity index is 1.75. The van der Waals surface area contributed by atoms with Gasteiger partial charge in [-0.15, -0.1) is 0 Å². The Hall–Kier alpha value is -3.29. The Morgan fingerprint density at radius 2 is 2.17 bits per heavy atom. The van der Waals surface area contributed by atoms with Crippen LogP contribution in [-0.2, 0) is 4.79 Å². The summed E-state index contributed by atoms with van der Waals surface area (Å²) in [7, 11) is 0. The highest BCUT2D eigenvalue weighted by molar-refractivity contribution is 5.93. The van der Waals surface area contributed by atoms with E-state index in [1.807, 2.05) is 4.90 Å². The third kappa shape index (κ3) is 3.57. The summed E-state index contributed by atoms with van der Waals surface area (Å²) in [6.07, 6.45) is 6.77. The van der Waals surface area contributed by atoms with Gasteiger partial charge in [-0.05, 0) is 49.6 Å². The summed E-state index contributed by atoms with van der Waals surface area (Å²) >= 11 is 0. The summed E-state index contributed by atoms with van der Waals surface area (Å²) in [5.74, 6) is -1.27. The average Bonchev–Trinajstić information content (AvgIpc) is 3.34. The summed E-state index contributed by atoms with van der Waals surface area (Å²) in [5.41, 5.74) is 1.68. The number of hydrogen-bond donors (Lipinski definition) is 1. The van der Waals surface area contributed by atoms with Gasteiger partial charge in [0.05, 0.1) is 12.2 Å². The van der Waals surface area contributed by atoms with Gasteiger partial charge in [-0.25, -0.2) is 23.1 Å². The highest BCUT2D eigenvalue weighted by Gasteiger charge is 2.30. The van der Waals surface area contributed by atoms with Crippen molar-refractivity contribution in [1.82, 2.24) is 14.6 Å². The van der Waals surface area contributed by atoms with E-state index in [9.17, 15) is 18.7 Å². The third-order valence-corrected chi connectivity index (χ3v) is 5.23. The molecule has 150 valence electrons. The fourth-order valence-electron chi connectivity index (χ4n) is 3.78. The molecule has 6 nitrogen and oxygen atoms in total. The largest absolute Gasteiger partial charge is 0.478 e. The monoisotopic (exact) mass is 398 g/mol. The Morgan fingerprint density at radius 1 is 1.34 bits per heavy atom. The second-order valence-corrected chi connectivity index (χ2v) is 7.00. The molecule has 0 radical (unpaired) electrons. The normalized spacial score (nSPS) is 17.3. The lowest BCUT2D eigenvalue weighted by Crippen LogP contribution is -2.24. The number of fused-ring (bicyclic) bond motifs is 1. The summed E-state index contributed by atoms with van der Waals surface area (Å²) in [6.45, 7) is 2.44. The maximum absolute atomic E-state index is 14.3. The molecular formula is C21H20F2N4O2. The number of benzene rings is 1. The predicted molar refractivity (Wildman–Crippen MR) is 105 cm³/mol. The Kier molecular flexibility index (Phi) is 5.00. The SMILES string of the molecule is CC/C(=C\c1cnn2ccc(N3CCC[C@@H]3c3cc(F)ccc3F)nc12)C(=O)O. The minimum atomic E-state index is -0.982. The average molecular weight is 398 g/mol. The topological polar surface area (TPSA) is 70.7 Å². The number of aliphatic carboxylic acids is 1. The zero-order valence-electron chi connectivity index (χ0n) is 15.8. The van der Waals surface area contributed by atoms with E-state index in [4.69, 9.17) is 0 Å². The number of carboxylic acid groups (broad SMARTS) is 1. The van der Waals surface area contributed by atoms with Gasteiger partial charge in [0.2, 0.25) is 0 Å². The highest BCUT2D eigenvalue weighted by atomic mass is 19.1. The fraction of sp³-hybridized carbons (Fsp3) is 0.286. The minimum absolute atomic E-state index is 0.257. The molecule has 1 N–H and O–H groups in total. The van der Waals surface area contributed by atoms with Crippen LogP contribution in [-0.4, -0.2) is 32.2 Å². The van der Waals surface area contributed by atoms with Crippen molar-refractivity contribution in [2.75, 3.05) is 11.4 Å². The van der Waals surface area contributed by atoms with Gasteiger partial charge in [-0.2, -0.15) is 5.10 Å². The fourth-order valence-corrected chi connectivity index (χ4v) is 3.78. The van der Waals surface area contributed by atoms with Crippen LogP contribution in [0, 0.1) is 11.6 Å². The lowest BCUT2D eigenvalue weighted by atomic mass is 10.0. The van der Waals surface area contributed by atoms with Crippen molar-refractivity contribution < 1.29 is 18.7 Å². The van der Waals surface area contributed by atoms with Gasteiger partial charge in [0.15, 0.2) is 5.65 Å². The number of anilines is 1. The van der Waals surface area contributed by atoms with Crippen LogP contribution in [0.25, 0.3) is 11.7 Å². The van der Waals surface area contributed by atoms with Crippen molar-refractivity contribution in [2.45, 2.75) is 32.2 Å². The molecule has 29 heavy (non-hydrogen) atoms. The minimum Gasteiger partial charge on any atom is -0.478 e. The molecule has 0 bridgehead atoms. The first kappa shape index (κ1) is 19.0. The Bertz CT molecular complexity index is 1110. The van der Waals surface area contributed by atoms with Gasteiger partial charge in [0.1, 0.15) is 17.5 Å². The van der Waals surface area contributed by atoms with E-state index in [0.29, 0.717) is 42.0 Å². The molecule has 1 aliphatic rings. The molecule has 0 aliphatic carbocycles.